The Hall–Kier alpha value is -1.72. The predicted octanol–water partition coefficient (Wildman–Crippen LogP) is 3.93. The highest BCUT2D eigenvalue weighted by Gasteiger charge is 2.34. The largest absolute Gasteiger partial charge is 0.496 e. The normalized spacial score (nSPS) is 16.7. The van der Waals surface area contributed by atoms with Crippen molar-refractivity contribution in [2.75, 3.05) is 27.4 Å². The lowest BCUT2D eigenvalue weighted by atomic mass is 9.85. The summed E-state index contributed by atoms with van der Waals surface area (Å²) in [6.07, 6.45) is 2.63. The number of carbonyl (C=O) groups excluding carboxylic acids is 1. The minimum Gasteiger partial charge on any atom is -0.496 e. The third kappa shape index (κ3) is 3.11. The van der Waals surface area contributed by atoms with Gasteiger partial charge < -0.3 is 18.8 Å². The highest BCUT2D eigenvalue weighted by molar-refractivity contribution is 6.35. The minimum absolute atomic E-state index is 0.170. The molecule has 3 rings (SSSR count). The number of ether oxygens (including phenoxy) is 3. The number of benzene rings is 1. The van der Waals surface area contributed by atoms with E-state index in [1.165, 1.54) is 0 Å². The van der Waals surface area contributed by atoms with Crippen molar-refractivity contribution in [3.8, 4) is 5.75 Å². The molecule has 0 amide bonds. The van der Waals surface area contributed by atoms with Crippen LogP contribution in [0, 0.1) is 0 Å². The Balaban J connectivity index is 2.28. The third-order valence-electron chi connectivity index (χ3n) is 4.83. The van der Waals surface area contributed by atoms with E-state index in [2.05, 4.69) is 4.57 Å². The van der Waals surface area contributed by atoms with Crippen molar-refractivity contribution >= 4 is 28.5 Å². The first-order chi connectivity index (χ1) is 12.1. The number of hydrogen-bond donors (Lipinski definition) is 0. The Bertz CT molecular complexity index is 784. The predicted molar refractivity (Wildman–Crippen MR) is 97.7 cm³/mol. The number of rotatable bonds is 6. The zero-order valence-electron chi connectivity index (χ0n) is 14.9. The van der Waals surface area contributed by atoms with Gasteiger partial charge in [-0.2, -0.15) is 0 Å². The van der Waals surface area contributed by atoms with Gasteiger partial charge in [-0.15, -0.1) is 0 Å². The molecule has 0 saturated carbocycles. The molecule has 0 aliphatic heterocycles. The van der Waals surface area contributed by atoms with Gasteiger partial charge in [-0.05, 0) is 43.9 Å². The first-order valence-electron chi connectivity index (χ1n) is 8.67. The van der Waals surface area contributed by atoms with Crippen molar-refractivity contribution in [1.82, 2.24) is 4.57 Å². The average Bonchev–Trinajstić information content (AvgIpc) is 2.96. The molecule has 1 aliphatic rings. The molecule has 1 atom stereocenters. The highest BCUT2D eigenvalue weighted by Crippen LogP contribution is 2.45. The van der Waals surface area contributed by atoms with E-state index in [4.69, 9.17) is 25.8 Å². The molecule has 6 heteroatoms. The Labute approximate surface area is 152 Å². The van der Waals surface area contributed by atoms with Crippen molar-refractivity contribution in [3.05, 3.63) is 28.4 Å². The van der Waals surface area contributed by atoms with Gasteiger partial charge in [-0.1, -0.05) is 11.6 Å². The van der Waals surface area contributed by atoms with E-state index in [0.29, 0.717) is 24.8 Å². The third-order valence-corrected chi connectivity index (χ3v) is 5.14. The molecule has 1 aliphatic carbocycles. The fourth-order valence-electron chi connectivity index (χ4n) is 3.84. The van der Waals surface area contributed by atoms with Gasteiger partial charge in [0.1, 0.15) is 5.75 Å². The van der Waals surface area contributed by atoms with Crippen LogP contribution in [0.25, 0.3) is 10.9 Å². The standard InChI is InChI=1S/C19H24ClNO4/c1-4-25-19(22)12-6-5-7-14-16(12)17-15(24-3)9-8-13(20)18(17)21(14)10-11-23-2/h8-9,12H,4-7,10-11H2,1-3H3/t12-/m0/s1. The summed E-state index contributed by atoms with van der Waals surface area (Å²) in [7, 11) is 3.32. The summed E-state index contributed by atoms with van der Waals surface area (Å²) in [6, 6.07) is 3.71. The maximum Gasteiger partial charge on any atom is 0.313 e. The topological polar surface area (TPSA) is 49.7 Å². The maximum atomic E-state index is 12.6. The van der Waals surface area contributed by atoms with Crippen molar-refractivity contribution < 1.29 is 19.0 Å². The lowest BCUT2D eigenvalue weighted by Crippen LogP contribution is -2.22. The molecule has 0 saturated heterocycles. The van der Waals surface area contributed by atoms with Gasteiger partial charge in [0.25, 0.3) is 0 Å². The molecule has 0 N–H and O–H groups in total. The van der Waals surface area contributed by atoms with Gasteiger partial charge in [0.2, 0.25) is 0 Å². The van der Waals surface area contributed by atoms with Crippen LogP contribution in [0.5, 0.6) is 5.75 Å². The second-order valence-electron chi connectivity index (χ2n) is 6.17. The van der Waals surface area contributed by atoms with Gasteiger partial charge in [-0.25, -0.2) is 0 Å². The Morgan fingerprint density at radius 1 is 1.36 bits per heavy atom. The van der Waals surface area contributed by atoms with Crippen LogP contribution in [0.1, 0.15) is 36.9 Å². The van der Waals surface area contributed by atoms with Crippen LogP contribution in [-0.4, -0.2) is 38.0 Å². The monoisotopic (exact) mass is 365 g/mol. The van der Waals surface area contributed by atoms with E-state index in [9.17, 15) is 4.79 Å². The molecule has 5 nitrogen and oxygen atoms in total. The van der Waals surface area contributed by atoms with E-state index < -0.39 is 0 Å². The van der Waals surface area contributed by atoms with E-state index >= 15 is 0 Å². The number of fused-ring (bicyclic) bond motifs is 3. The summed E-state index contributed by atoms with van der Waals surface area (Å²) >= 11 is 6.54. The Morgan fingerprint density at radius 2 is 2.16 bits per heavy atom. The molecule has 2 aromatic rings. The Morgan fingerprint density at radius 3 is 2.84 bits per heavy atom. The molecular weight excluding hydrogens is 342 g/mol. The lowest BCUT2D eigenvalue weighted by molar-refractivity contribution is -0.145. The fourth-order valence-corrected chi connectivity index (χ4v) is 4.10. The van der Waals surface area contributed by atoms with Crippen LogP contribution in [0.3, 0.4) is 0 Å². The molecule has 0 bridgehead atoms. The molecule has 1 heterocycles. The van der Waals surface area contributed by atoms with Crippen molar-refractivity contribution in [2.45, 2.75) is 38.6 Å². The maximum absolute atomic E-state index is 12.6. The summed E-state index contributed by atoms with van der Waals surface area (Å²) < 4.78 is 18.4. The molecule has 1 aromatic heterocycles. The van der Waals surface area contributed by atoms with Crippen LogP contribution in [0.4, 0.5) is 0 Å². The Kier molecular flexibility index (Phi) is 5.54. The smallest absolute Gasteiger partial charge is 0.313 e. The van der Waals surface area contributed by atoms with E-state index in [0.717, 1.165) is 47.2 Å². The van der Waals surface area contributed by atoms with E-state index in [1.54, 1.807) is 14.2 Å². The summed E-state index contributed by atoms with van der Waals surface area (Å²) in [5.74, 6) is 0.293. The molecule has 25 heavy (non-hydrogen) atoms. The van der Waals surface area contributed by atoms with Crippen molar-refractivity contribution in [1.29, 1.82) is 0 Å². The van der Waals surface area contributed by atoms with E-state index in [1.807, 2.05) is 19.1 Å². The summed E-state index contributed by atoms with van der Waals surface area (Å²) in [5, 5.41) is 1.59. The molecular formula is C19H24ClNO4. The number of carbonyl (C=O) groups is 1. The molecule has 0 unspecified atom stereocenters. The second-order valence-corrected chi connectivity index (χ2v) is 6.58. The second kappa shape index (κ2) is 7.67. The number of nitrogens with zero attached hydrogens (tertiary/aromatic N) is 1. The van der Waals surface area contributed by atoms with Crippen molar-refractivity contribution in [2.24, 2.45) is 0 Å². The molecule has 0 radical (unpaired) electrons. The number of hydrogen-bond acceptors (Lipinski definition) is 4. The van der Waals surface area contributed by atoms with Gasteiger partial charge in [0, 0.05) is 24.7 Å². The lowest BCUT2D eigenvalue weighted by Gasteiger charge is -2.23. The number of methoxy groups -OCH3 is 2. The van der Waals surface area contributed by atoms with Gasteiger partial charge in [0.15, 0.2) is 0 Å². The number of halogens is 1. The van der Waals surface area contributed by atoms with Crippen molar-refractivity contribution in [3.63, 3.8) is 0 Å². The highest BCUT2D eigenvalue weighted by atomic mass is 35.5. The molecule has 1 aromatic carbocycles. The van der Waals surface area contributed by atoms with Gasteiger partial charge in [-0.3, -0.25) is 4.79 Å². The number of esters is 1. The zero-order valence-corrected chi connectivity index (χ0v) is 15.7. The SMILES string of the molecule is CCOC(=O)[C@H]1CCCc2c1c1c(OC)ccc(Cl)c1n2CCOC. The van der Waals surface area contributed by atoms with Gasteiger partial charge in [0.05, 0.1) is 36.8 Å². The van der Waals surface area contributed by atoms with Crippen LogP contribution in [-0.2, 0) is 27.2 Å². The summed E-state index contributed by atoms with van der Waals surface area (Å²) in [5.41, 5.74) is 3.07. The first-order valence-corrected chi connectivity index (χ1v) is 9.04. The van der Waals surface area contributed by atoms with Crippen LogP contribution in [0.2, 0.25) is 5.02 Å². The average molecular weight is 366 g/mol. The van der Waals surface area contributed by atoms with Crippen LogP contribution < -0.4 is 4.74 Å². The first kappa shape index (κ1) is 18.1. The number of aromatic nitrogens is 1. The zero-order chi connectivity index (χ0) is 18.0. The minimum atomic E-state index is -0.276. The molecule has 0 fully saturated rings. The summed E-state index contributed by atoms with van der Waals surface area (Å²) in [6.45, 7) is 3.48. The summed E-state index contributed by atoms with van der Waals surface area (Å²) in [4.78, 5) is 12.6. The van der Waals surface area contributed by atoms with Gasteiger partial charge >= 0.3 is 5.97 Å². The fraction of sp³-hybridized carbons (Fsp3) is 0.526. The molecule has 136 valence electrons. The molecule has 0 spiro atoms. The van der Waals surface area contributed by atoms with Crippen LogP contribution >= 0.6 is 11.6 Å². The van der Waals surface area contributed by atoms with Crippen LogP contribution in [0.15, 0.2) is 12.1 Å². The van der Waals surface area contributed by atoms with E-state index in [-0.39, 0.29) is 11.9 Å². The quantitative estimate of drug-likeness (QED) is 0.728.